The Balaban J connectivity index is 2.01. The number of piperidine rings is 1. The van der Waals surface area contributed by atoms with Crippen molar-refractivity contribution in [2.45, 2.75) is 31.8 Å². The molecule has 1 fully saturated rings. The third-order valence-electron chi connectivity index (χ3n) is 3.43. The second-order valence-corrected chi connectivity index (χ2v) is 4.61. The molecule has 1 aliphatic heterocycles. The SMILES string of the molecule is N#Cc1ccc(CN2CCCC[C@@H]2CO)cc1. The molecule has 0 unspecified atom stereocenters. The van der Waals surface area contributed by atoms with Crippen molar-refractivity contribution in [3.63, 3.8) is 0 Å². The molecule has 0 radical (unpaired) electrons. The molecule has 0 aliphatic carbocycles. The second-order valence-electron chi connectivity index (χ2n) is 4.61. The molecule has 1 aromatic rings. The zero-order valence-electron chi connectivity index (χ0n) is 9.97. The normalized spacial score (nSPS) is 21.1. The molecule has 0 bridgehead atoms. The molecule has 1 aromatic carbocycles. The van der Waals surface area contributed by atoms with Gasteiger partial charge < -0.3 is 5.11 Å². The molecular weight excluding hydrogens is 212 g/mol. The van der Waals surface area contributed by atoms with Gasteiger partial charge in [-0.25, -0.2) is 0 Å². The smallest absolute Gasteiger partial charge is 0.0991 e. The number of nitriles is 1. The van der Waals surface area contributed by atoms with Crippen LogP contribution in [0.1, 0.15) is 30.4 Å². The molecule has 3 nitrogen and oxygen atoms in total. The largest absolute Gasteiger partial charge is 0.395 e. The van der Waals surface area contributed by atoms with Crippen LogP contribution in [0.15, 0.2) is 24.3 Å². The van der Waals surface area contributed by atoms with Crippen molar-refractivity contribution in [2.75, 3.05) is 13.2 Å². The summed E-state index contributed by atoms with van der Waals surface area (Å²) in [5.74, 6) is 0. The van der Waals surface area contributed by atoms with E-state index in [0.29, 0.717) is 11.6 Å². The number of hydrogen-bond donors (Lipinski definition) is 1. The number of nitrogens with zero attached hydrogens (tertiary/aromatic N) is 2. The van der Waals surface area contributed by atoms with Gasteiger partial charge in [0.25, 0.3) is 0 Å². The van der Waals surface area contributed by atoms with Crippen molar-refractivity contribution in [1.82, 2.24) is 4.90 Å². The molecule has 1 N–H and O–H groups in total. The Bertz CT molecular complexity index is 394. The van der Waals surface area contributed by atoms with E-state index >= 15 is 0 Å². The molecule has 3 heteroatoms. The van der Waals surface area contributed by atoms with Gasteiger partial charge in [0.2, 0.25) is 0 Å². The summed E-state index contributed by atoms with van der Waals surface area (Å²) in [6.07, 6.45) is 3.52. The van der Waals surface area contributed by atoms with E-state index < -0.39 is 0 Å². The molecule has 2 rings (SSSR count). The number of hydrogen-bond acceptors (Lipinski definition) is 3. The Morgan fingerprint density at radius 1 is 1.29 bits per heavy atom. The fourth-order valence-electron chi connectivity index (χ4n) is 2.39. The molecule has 90 valence electrons. The first-order chi connectivity index (χ1) is 8.33. The Kier molecular flexibility index (Phi) is 4.13. The van der Waals surface area contributed by atoms with Gasteiger partial charge in [0.05, 0.1) is 18.2 Å². The minimum absolute atomic E-state index is 0.246. The van der Waals surface area contributed by atoms with E-state index in [1.165, 1.54) is 18.4 Å². The lowest BCUT2D eigenvalue weighted by Crippen LogP contribution is -2.41. The van der Waals surface area contributed by atoms with Crippen molar-refractivity contribution >= 4 is 0 Å². The minimum Gasteiger partial charge on any atom is -0.395 e. The standard InChI is InChI=1S/C14H18N2O/c15-9-12-4-6-13(7-5-12)10-16-8-2-1-3-14(16)11-17/h4-7,14,17H,1-3,8,10-11H2/t14-/m1/s1. The van der Waals surface area contributed by atoms with Crippen LogP contribution < -0.4 is 0 Å². The maximum absolute atomic E-state index is 9.34. The van der Waals surface area contributed by atoms with Crippen LogP contribution >= 0.6 is 0 Å². The number of benzene rings is 1. The molecule has 17 heavy (non-hydrogen) atoms. The predicted octanol–water partition coefficient (Wildman–Crippen LogP) is 1.91. The first-order valence-corrected chi connectivity index (χ1v) is 6.17. The molecule has 1 heterocycles. The number of aliphatic hydroxyl groups excluding tert-OH is 1. The van der Waals surface area contributed by atoms with Crippen molar-refractivity contribution in [2.24, 2.45) is 0 Å². The summed E-state index contributed by atoms with van der Waals surface area (Å²) < 4.78 is 0. The average molecular weight is 230 g/mol. The van der Waals surface area contributed by atoms with Gasteiger partial charge in [-0.1, -0.05) is 18.6 Å². The van der Waals surface area contributed by atoms with Gasteiger partial charge in [-0.3, -0.25) is 4.90 Å². The van der Waals surface area contributed by atoms with Crippen LogP contribution in [0, 0.1) is 11.3 Å². The van der Waals surface area contributed by atoms with Gasteiger partial charge in [-0.05, 0) is 37.1 Å². The molecule has 0 aromatic heterocycles. The van der Waals surface area contributed by atoms with E-state index in [9.17, 15) is 5.11 Å². The summed E-state index contributed by atoms with van der Waals surface area (Å²) in [5, 5.41) is 18.1. The van der Waals surface area contributed by atoms with Crippen molar-refractivity contribution < 1.29 is 5.11 Å². The van der Waals surface area contributed by atoms with Crippen LogP contribution in [0.2, 0.25) is 0 Å². The highest BCUT2D eigenvalue weighted by Gasteiger charge is 2.21. The molecule has 0 saturated carbocycles. The first kappa shape index (κ1) is 12.1. The summed E-state index contributed by atoms with van der Waals surface area (Å²) >= 11 is 0. The van der Waals surface area contributed by atoms with Gasteiger partial charge in [0.1, 0.15) is 0 Å². The van der Waals surface area contributed by atoms with E-state index in [1.54, 1.807) is 0 Å². The lowest BCUT2D eigenvalue weighted by molar-refractivity contribution is 0.0841. The Labute approximate surface area is 102 Å². The maximum atomic E-state index is 9.34. The fourth-order valence-corrected chi connectivity index (χ4v) is 2.39. The lowest BCUT2D eigenvalue weighted by atomic mass is 10.0. The summed E-state index contributed by atoms with van der Waals surface area (Å²) in [4.78, 5) is 2.34. The Morgan fingerprint density at radius 2 is 2.06 bits per heavy atom. The third kappa shape index (κ3) is 3.06. The lowest BCUT2D eigenvalue weighted by Gasteiger charge is -2.34. The molecule has 0 spiro atoms. The van der Waals surface area contributed by atoms with Crippen molar-refractivity contribution in [3.8, 4) is 6.07 Å². The summed E-state index contributed by atoms with van der Waals surface area (Å²) in [7, 11) is 0. The van der Waals surface area contributed by atoms with Crippen LogP contribution in [-0.2, 0) is 6.54 Å². The third-order valence-corrected chi connectivity index (χ3v) is 3.43. The summed E-state index contributed by atoms with van der Waals surface area (Å²) in [6, 6.07) is 10.1. The molecule has 1 aliphatic rings. The monoisotopic (exact) mass is 230 g/mol. The van der Waals surface area contributed by atoms with E-state index in [0.717, 1.165) is 19.5 Å². The van der Waals surface area contributed by atoms with Crippen LogP contribution in [-0.4, -0.2) is 29.2 Å². The molecule has 1 saturated heterocycles. The van der Waals surface area contributed by atoms with Gasteiger partial charge in [0.15, 0.2) is 0 Å². The van der Waals surface area contributed by atoms with Gasteiger partial charge in [-0.15, -0.1) is 0 Å². The van der Waals surface area contributed by atoms with Crippen LogP contribution in [0.4, 0.5) is 0 Å². The van der Waals surface area contributed by atoms with Crippen molar-refractivity contribution in [1.29, 1.82) is 5.26 Å². The van der Waals surface area contributed by atoms with Gasteiger partial charge >= 0.3 is 0 Å². The van der Waals surface area contributed by atoms with E-state index in [2.05, 4.69) is 11.0 Å². The zero-order valence-corrected chi connectivity index (χ0v) is 9.97. The summed E-state index contributed by atoms with van der Waals surface area (Å²) in [6.45, 7) is 2.18. The Hall–Kier alpha value is -1.37. The number of likely N-dealkylation sites (tertiary alicyclic amines) is 1. The molecular formula is C14H18N2O. The highest BCUT2D eigenvalue weighted by atomic mass is 16.3. The summed E-state index contributed by atoms with van der Waals surface area (Å²) in [5.41, 5.74) is 1.91. The second kappa shape index (κ2) is 5.81. The van der Waals surface area contributed by atoms with Gasteiger partial charge in [-0.2, -0.15) is 5.26 Å². The highest BCUT2D eigenvalue weighted by molar-refractivity contribution is 5.31. The number of rotatable bonds is 3. The quantitative estimate of drug-likeness (QED) is 0.862. The Morgan fingerprint density at radius 3 is 2.71 bits per heavy atom. The van der Waals surface area contributed by atoms with Crippen LogP contribution in [0.25, 0.3) is 0 Å². The predicted molar refractivity (Wildman–Crippen MR) is 66.3 cm³/mol. The van der Waals surface area contributed by atoms with Crippen LogP contribution in [0.3, 0.4) is 0 Å². The highest BCUT2D eigenvalue weighted by Crippen LogP contribution is 2.19. The molecule has 0 amide bonds. The zero-order chi connectivity index (χ0) is 12.1. The minimum atomic E-state index is 0.246. The van der Waals surface area contributed by atoms with E-state index in [4.69, 9.17) is 5.26 Å². The first-order valence-electron chi connectivity index (χ1n) is 6.17. The fraction of sp³-hybridized carbons (Fsp3) is 0.500. The average Bonchev–Trinajstić information content (AvgIpc) is 2.40. The molecule has 1 atom stereocenters. The van der Waals surface area contributed by atoms with Gasteiger partial charge in [0, 0.05) is 12.6 Å². The maximum Gasteiger partial charge on any atom is 0.0991 e. The number of aliphatic hydroxyl groups is 1. The van der Waals surface area contributed by atoms with E-state index in [1.807, 2.05) is 24.3 Å². The van der Waals surface area contributed by atoms with E-state index in [-0.39, 0.29) is 6.61 Å². The van der Waals surface area contributed by atoms with Crippen molar-refractivity contribution in [3.05, 3.63) is 35.4 Å². The topological polar surface area (TPSA) is 47.3 Å². The van der Waals surface area contributed by atoms with Crippen LogP contribution in [0.5, 0.6) is 0 Å².